The smallest absolute Gasteiger partial charge is 0.257 e. The molecule has 0 saturated heterocycles. The summed E-state index contributed by atoms with van der Waals surface area (Å²) in [5.74, 6) is -0.149. The molecule has 2 N–H and O–H groups in total. The van der Waals surface area contributed by atoms with Crippen molar-refractivity contribution in [2.24, 2.45) is 0 Å². The zero-order valence-corrected chi connectivity index (χ0v) is 11.4. The average molecular weight is 316 g/mol. The van der Waals surface area contributed by atoms with Crippen molar-refractivity contribution in [2.75, 3.05) is 5.32 Å². The third-order valence-electron chi connectivity index (χ3n) is 2.85. The van der Waals surface area contributed by atoms with Crippen molar-refractivity contribution in [1.82, 2.24) is 9.97 Å². The summed E-state index contributed by atoms with van der Waals surface area (Å²) >= 11 is 3.35. The van der Waals surface area contributed by atoms with E-state index in [1.54, 1.807) is 24.7 Å². The van der Waals surface area contributed by atoms with Crippen molar-refractivity contribution >= 4 is 38.4 Å². The number of anilines is 1. The van der Waals surface area contributed by atoms with Crippen molar-refractivity contribution in [3.63, 3.8) is 0 Å². The van der Waals surface area contributed by atoms with E-state index < -0.39 is 0 Å². The van der Waals surface area contributed by atoms with Gasteiger partial charge in [0.25, 0.3) is 5.91 Å². The molecule has 0 aliphatic rings. The largest absolute Gasteiger partial charge is 0.360 e. The van der Waals surface area contributed by atoms with Crippen LogP contribution in [0.25, 0.3) is 10.9 Å². The van der Waals surface area contributed by atoms with Crippen LogP contribution in [0.2, 0.25) is 0 Å². The van der Waals surface area contributed by atoms with Gasteiger partial charge in [-0.3, -0.25) is 9.78 Å². The molecular formula is C14H10BrN3O. The van der Waals surface area contributed by atoms with Gasteiger partial charge < -0.3 is 10.3 Å². The summed E-state index contributed by atoms with van der Waals surface area (Å²) in [5.41, 5.74) is 2.27. The van der Waals surface area contributed by atoms with Gasteiger partial charge >= 0.3 is 0 Å². The number of halogens is 1. The molecule has 0 spiro atoms. The SMILES string of the molecule is O=C(Nc1ccncc1Br)c1c[nH]c2ccccc12. The normalized spacial score (nSPS) is 10.6. The molecule has 4 nitrogen and oxygen atoms in total. The van der Waals surface area contributed by atoms with Gasteiger partial charge in [0.1, 0.15) is 0 Å². The highest BCUT2D eigenvalue weighted by Gasteiger charge is 2.12. The molecule has 0 saturated carbocycles. The zero-order valence-electron chi connectivity index (χ0n) is 9.85. The van der Waals surface area contributed by atoms with Gasteiger partial charge in [0.15, 0.2) is 0 Å². The van der Waals surface area contributed by atoms with Crippen molar-refractivity contribution in [3.05, 3.63) is 59.0 Å². The van der Waals surface area contributed by atoms with Gasteiger partial charge in [0, 0.05) is 29.5 Å². The number of amides is 1. The highest BCUT2D eigenvalue weighted by Crippen LogP contribution is 2.23. The number of H-pyrrole nitrogens is 1. The van der Waals surface area contributed by atoms with Gasteiger partial charge in [-0.05, 0) is 28.1 Å². The number of benzene rings is 1. The molecule has 0 unspecified atom stereocenters. The van der Waals surface area contributed by atoms with Gasteiger partial charge in [0.05, 0.1) is 15.7 Å². The van der Waals surface area contributed by atoms with Crippen LogP contribution in [0.1, 0.15) is 10.4 Å². The molecule has 0 aliphatic carbocycles. The predicted molar refractivity (Wildman–Crippen MR) is 78.2 cm³/mol. The summed E-state index contributed by atoms with van der Waals surface area (Å²) < 4.78 is 0.753. The second kappa shape index (κ2) is 4.85. The van der Waals surface area contributed by atoms with Crippen LogP contribution in [0.4, 0.5) is 5.69 Å². The van der Waals surface area contributed by atoms with Crippen molar-refractivity contribution in [2.45, 2.75) is 0 Å². The number of carbonyl (C=O) groups is 1. The first kappa shape index (κ1) is 11.9. The molecule has 3 aromatic rings. The van der Waals surface area contributed by atoms with E-state index >= 15 is 0 Å². The van der Waals surface area contributed by atoms with E-state index in [4.69, 9.17) is 0 Å². The van der Waals surface area contributed by atoms with Crippen LogP contribution in [0.5, 0.6) is 0 Å². The topological polar surface area (TPSA) is 57.8 Å². The second-order valence-corrected chi connectivity index (χ2v) is 4.91. The summed E-state index contributed by atoms with van der Waals surface area (Å²) in [6.45, 7) is 0. The van der Waals surface area contributed by atoms with Gasteiger partial charge in [0.2, 0.25) is 0 Å². The minimum atomic E-state index is -0.149. The predicted octanol–water partition coefficient (Wildman–Crippen LogP) is 3.58. The summed E-state index contributed by atoms with van der Waals surface area (Å²) in [4.78, 5) is 19.3. The fourth-order valence-electron chi connectivity index (χ4n) is 1.93. The van der Waals surface area contributed by atoms with Gasteiger partial charge in [-0.15, -0.1) is 0 Å². The lowest BCUT2D eigenvalue weighted by Gasteiger charge is -2.05. The molecule has 94 valence electrons. The maximum Gasteiger partial charge on any atom is 0.257 e. The third kappa shape index (κ3) is 2.24. The van der Waals surface area contributed by atoms with Crippen LogP contribution in [0.15, 0.2) is 53.4 Å². The lowest BCUT2D eigenvalue weighted by Crippen LogP contribution is -2.11. The number of aromatic amines is 1. The maximum atomic E-state index is 12.3. The Bertz CT molecular complexity index is 751. The van der Waals surface area contributed by atoms with E-state index in [1.165, 1.54) is 0 Å². The molecule has 0 fully saturated rings. The number of nitrogens with one attached hydrogen (secondary N) is 2. The third-order valence-corrected chi connectivity index (χ3v) is 3.49. The fourth-order valence-corrected chi connectivity index (χ4v) is 2.28. The molecule has 1 amide bonds. The molecule has 2 aromatic heterocycles. The van der Waals surface area contributed by atoms with Crippen LogP contribution in [-0.2, 0) is 0 Å². The molecule has 0 radical (unpaired) electrons. The molecule has 3 rings (SSSR count). The maximum absolute atomic E-state index is 12.3. The lowest BCUT2D eigenvalue weighted by atomic mass is 10.1. The summed E-state index contributed by atoms with van der Waals surface area (Å²) in [7, 11) is 0. The first-order valence-corrected chi connectivity index (χ1v) is 6.52. The number of nitrogens with zero attached hydrogens (tertiary/aromatic N) is 1. The Morgan fingerprint density at radius 3 is 2.95 bits per heavy atom. The Balaban J connectivity index is 1.95. The summed E-state index contributed by atoms with van der Waals surface area (Å²) in [5, 5.41) is 3.77. The fraction of sp³-hybridized carbons (Fsp3) is 0. The van der Waals surface area contributed by atoms with Crippen LogP contribution in [0, 0.1) is 0 Å². The highest BCUT2D eigenvalue weighted by atomic mass is 79.9. The van der Waals surface area contributed by atoms with E-state index in [-0.39, 0.29) is 5.91 Å². The van der Waals surface area contributed by atoms with E-state index in [0.717, 1.165) is 15.4 Å². The van der Waals surface area contributed by atoms with E-state index in [0.29, 0.717) is 11.3 Å². The standard InChI is InChI=1S/C14H10BrN3O/c15-11-8-16-6-5-13(11)18-14(19)10-7-17-12-4-2-1-3-9(10)12/h1-8,17H,(H,16,18,19). The van der Waals surface area contributed by atoms with Crippen molar-refractivity contribution in [1.29, 1.82) is 0 Å². The molecule has 19 heavy (non-hydrogen) atoms. The van der Waals surface area contributed by atoms with Crippen molar-refractivity contribution < 1.29 is 4.79 Å². The number of hydrogen-bond donors (Lipinski definition) is 2. The number of pyridine rings is 1. The van der Waals surface area contributed by atoms with Gasteiger partial charge in [-0.1, -0.05) is 18.2 Å². The number of fused-ring (bicyclic) bond motifs is 1. The Hall–Kier alpha value is -2.14. The number of rotatable bonds is 2. The van der Waals surface area contributed by atoms with Crippen LogP contribution < -0.4 is 5.32 Å². The highest BCUT2D eigenvalue weighted by molar-refractivity contribution is 9.10. The molecule has 1 aromatic carbocycles. The van der Waals surface area contributed by atoms with Gasteiger partial charge in [-0.2, -0.15) is 0 Å². The zero-order chi connectivity index (χ0) is 13.2. The summed E-state index contributed by atoms with van der Waals surface area (Å²) in [6, 6.07) is 9.45. The quantitative estimate of drug-likeness (QED) is 0.759. The second-order valence-electron chi connectivity index (χ2n) is 4.06. The average Bonchev–Trinajstić information content (AvgIpc) is 2.85. The van der Waals surface area contributed by atoms with Crippen molar-refractivity contribution in [3.8, 4) is 0 Å². The van der Waals surface area contributed by atoms with E-state index in [1.807, 2.05) is 24.3 Å². The van der Waals surface area contributed by atoms with Gasteiger partial charge in [-0.25, -0.2) is 0 Å². The van der Waals surface area contributed by atoms with Crippen LogP contribution in [0.3, 0.4) is 0 Å². The van der Waals surface area contributed by atoms with Crippen LogP contribution >= 0.6 is 15.9 Å². The number of para-hydroxylation sites is 1. The number of hydrogen-bond acceptors (Lipinski definition) is 2. The molecule has 0 aliphatic heterocycles. The molecule has 0 atom stereocenters. The minimum absolute atomic E-state index is 0.149. The first-order valence-electron chi connectivity index (χ1n) is 5.72. The monoisotopic (exact) mass is 315 g/mol. The van der Waals surface area contributed by atoms with Crippen LogP contribution in [-0.4, -0.2) is 15.9 Å². The van der Waals surface area contributed by atoms with E-state index in [9.17, 15) is 4.79 Å². The molecule has 0 bridgehead atoms. The first-order chi connectivity index (χ1) is 9.25. The Labute approximate surface area is 118 Å². The number of aromatic nitrogens is 2. The molecular weight excluding hydrogens is 306 g/mol. The Morgan fingerprint density at radius 2 is 2.11 bits per heavy atom. The molecule has 5 heteroatoms. The summed E-state index contributed by atoms with van der Waals surface area (Å²) in [6.07, 6.45) is 5.00. The number of carbonyl (C=O) groups excluding carboxylic acids is 1. The lowest BCUT2D eigenvalue weighted by molar-refractivity contribution is 0.102. The molecule has 2 heterocycles. The minimum Gasteiger partial charge on any atom is -0.360 e. The Kier molecular flexibility index (Phi) is 3.05. The van der Waals surface area contributed by atoms with E-state index in [2.05, 4.69) is 31.2 Å². The Morgan fingerprint density at radius 1 is 1.26 bits per heavy atom.